The molecular weight excluding hydrogens is 727 g/mol. The van der Waals surface area contributed by atoms with Gasteiger partial charge in [0.25, 0.3) is 0 Å². The average molecular weight is 755 g/mol. The molecule has 3 heterocycles. The second-order valence-corrected chi connectivity index (χ2v) is 9.83. The zero-order valence-electron chi connectivity index (χ0n) is 24.3. The van der Waals surface area contributed by atoms with Gasteiger partial charge in [0.2, 0.25) is 0 Å². The number of hydrogen-bond donors (Lipinski definition) is 0. The van der Waals surface area contributed by atoms with Gasteiger partial charge in [-0.25, -0.2) is 0 Å². The van der Waals surface area contributed by atoms with Crippen LogP contribution in [0.3, 0.4) is 0 Å². The molecule has 0 bridgehead atoms. The summed E-state index contributed by atoms with van der Waals surface area (Å²) in [4.78, 5) is 12.8. The predicted octanol–water partition coefficient (Wildman–Crippen LogP) is 9.95. The summed E-state index contributed by atoms with van der Waals surface area (Å²) in [7, 11) is 0. The number of pyridine rings is 3. The normalized spacial score (nSPS) is 10.0. The summed E-state index contributed by atoms with van der Waals surface area (Å²) >= 11 is 0. The molecule has 0 aliphatic rings. The molecule has 0 atom stereocenters. The smallest absolute Gasteiger partial charge is 0.305 e. The van der Waals surface area contributed by atoms with Crippen molar-refractivity contribution in [1.29, 1.82) is 0 Å². The number of hydrogen-bond acceptors (Lipinski definition) is 3. The minimum atomic E-state index is 0. The van der Waals surface area contributed by atoms with Gasteiger partial charge in [-0.2, -0.15) is 0 Å². The second-order valence-electron chi connectivity index (χ2n) is 9.83. The molecule has 0 unspecified atom stereocenters. The van der Waals surface area contributed by atoms with Crippen molar-refractivity contribution in [2.24, 2.45) is 0 Å². The first-order chi connectivity index (χ1) is 21.8. The Labute approximate surface area is 277 Å². The van der Waals surface area contributed by atoms with Crippen molar-refractivity contribution >= 4 is 21.5 Å². The fourth-order valence-electron chi connectivity index (χ4n) is 4.77. The van der Waals surface area contributed by atoms with Crippen LogP contribution in [0.5, 0.6) is 0 Å². The van der Waals surface area contributed by atoms with Crippen LogP contribution in [0.15, 0.2) is 170 Å². The minimum absolute atomic E-state index is 0. The first-order valence-electron chi connectivity index (χ1n) is 14.4. The Balaban J connectivity index is 0.000000139. The van der Waals surface area contributed by atoms with Gasteiger partial charge in [0.15, 0.2) is 0 Å². The van der Waals surface area contributed by atoms with Gasteiger partial charge in [-0.3, -0.25) is 0 Å². The topological polar surface area (TPSA) is 38.7 Å². The monoisotopic (exact) mass is 755 g/mol. The first-order valence-corrected chi connectivity index (χ1v) is 14.4. The van der Waals surface area contributed by atoms with E-state index in [1.165, 1.54) is 21.5 Å². The van der Waals surface area contributed by atoms with E-state index in [0.717, 1.165) is 33.8 Å². The van der Waals surface area contributed by atoms with Crippen LogP contribution in [-0.4, -0.2) is 15.0 Å². The molecule has 8 rings (SSSR count). The Morgan fingerprint density at radius 2 is 0.867 bits per heavy atom. The van der Waals surface area contributed by atoms with E-state index in [1.54, 1.807) is 12.4 Å². The van der Waals surface area contributed by atoms with Crippen molar-refractivity contribution in [2.75, 3.05) is 0 Å². The molecule has 45 heavy (non-hydrogen) atoms. The van der Waals surface area contributed by atoms with E-state index in [1.807, 2.05) is 109 Å². The fourth-order valence-corrected chi connectivity index (χ4v) is 4.77. The Morgan fingerprint density at radius 1 is 0.378 bits per heavy atom. The van der Waals surface area contributed by atoms with Gasteiger partial charge in [-0.1, -0.05) is 83.6 Å². The Kier molecular flexibility index (Phi) is 11.1. The summed E-state index contributed by atoms with van der Waals surface area (Å²) in [5.74, 6) is 0. The summed E-state index contributed by atoms with van der Waals surface area (Å²) in [5.41, 5.74) is 6.02. The van der Waals surface area contributed by atoms with E-state index in [0.29, 0.717) is 0 Å². The van der Waals surface area contributed by atoms with Crippen LogP contribution in [0.4, 0.5) is 0 Å². The van der Waals surface area contributed by atoms with Gasteiger partial charge in [-0.05, 0) is 40.7 Å². The first kappa shape index (κ1) is 31.2. The van der Waals surface area contributed by atoms with Crippen molar-refractivity contribution in [2.45, 2.75) is 0 Å². The van der Waals surface area contributed by atoms with Gasteiger partial charge in [0.05, 0.1) is 0 Å². The average Bonchev–Trinajstić information content (AvgIpc) is 3.14. The van der Waals surface area contributed by atoms with Crippen LogP contribution in [0, 0.1) is 18.2 Å². The number of benzene rings is 5. The van der Waals surface area contributed by atoms with Gasteiger partial charge in [-0.15, -0.1) is 101 Å². The van der Waals surface area contributed by atoms with Crippen molar-refractivity contribution in [3.05, 3.63) is 188 Å². The van der Waals surface area contributed by atoms with Gasteiger partial charge >= 0.3 is 20.1 Å². The van der Waals surface area contributed by atoms with Crippen LogP contribution in [-0.2, 0) is 20.1 Å². The van der Waals surface area contributed by atoms with Crippen LogP contribution >= 0.6 is 0 Å². The molecule has 4 heteroatoms. The number of rotatable bonds is 3. The maximum Gasteiger partial charge on any atom is 3.00 e. The Bertz CT molecular complexity index is 1890. The minimum Gasteiger partial charge on any atom is -0.305 e. The predicted molar refractivity (Wildman–Crippen MR) is 181 cm³/mol. The molecule has 0 radical (unpaired) electrons. The zero-order valence-corrected chi connectivity index (χ0v) is 26.7. The number of nitrogens with zero attached hydrogens (tertiary/aromatic N) is 3. The maximum absolute atomic E-state index is 4.39. The van der Waals surface area contributed by atoms with Crippen LogP contribution in [0.2, 0.25) is 0 Å². The van der Waals surface area contributed by atoms with E-state index in [2.05, 4.69) is 81.7 Å². The fraction of sp³-hybridized carbons (Fsp3) is 0. The maximum atomic E-state index is 4.39. The SMILES string of the molecule is [Ir+3].[c-]1cc2c(ccc3ccccc32)cc1-c1ccccn1.[c-]1ccccc1-c1ccccn1.[c-]1ccccc1-c1ccccn1. The summed E-state index contributed by atoms with van der Waals surface area (Å²) in [6.45, 7) is 0. The molecule has 8 aromatic rings. The molecule has 3 nitrogen and oxygen atoms in total. The van der Waals surface area contributed by atoms with Crippen molar-refractivity contribution in [3.8, 4) is 33.8 Å². The number of fused-ring (bicyclic) bond motifs is 3. The van der Waals surface area contributed by atoms with Crippen molar-refractivity contribution in [1.82, 2.24) is 15.0 Å². The summed E-state index contributed by atoms with van der Waals surface area (Å²) < 4.78 is 0. The van der Waals surface area contributed by atoms with Gasteiger partial charge in [0.1, 0.15) is 0 Å². The molecule has 0 spiro atoms. The third-order valence-electron chi connectivity index (χ3n) is 6.92. The molecule has 0 aliphatic heterocycles. The van der Waals surface area contributed by atoms with Crippen LogP contribution < -0.4 is 0 Å². The van der Waals surface area contributed by atoms with E-state index in [-0.39, 0.29) is 20.1 Å². The molecule has 0 amide bonds. The third kappa shape index (κ3) is 8.21. The quantitative estimate of drug-likeness (QED) is 0.133. The molecule has 0 N–H and O–H groups in total. The molecule has 0 aliphatic carbocycles. The van der Waals surface area contributed by atoms with E-state index < -0.39 is 0 Å². The largest absolute Gasteiger partial charge is 3.00 e. The molecule has 216 valence electrons. The van der Waals surface area contributed by atoms with Crippen LogP contribution in [0.1, 0.15) is 0 Å². The molecular formula is C41H28IrN3. The molecule has 0 saturated carbocycles. The van der Waals surface area contributed by atoms with Crippen molar-refractivity contribution in [3.63, 3.8) is 0 Å². The van der Waals surface area contributed by atoms with Gasteiger partial charge < -0.3 is 15.0 Å². The number of aromatic nitrogens is 3. The van der Waals surface area contributed by atoms with E-state index in [9.17, 15) is 0 Å². The van der Waals surface area contributed by atoms with Crippen LogP contribution in [0.25, 0.3) is 55.3 Å². The zero-order chi connectivity index (χ0) is 29.8. The summed E-state index contributed by atoms with van der Waals surface area (Å²) in [6.07, 6.45) is 5.39. The third-order valence-corrected chi connectivity index (χ3v) is 6.92. The summed E-state index contributed by atoms with van der Waals surface area (Å²) in [5, 5.41) is 5.00. The summed E-state index contributed by atoms with van der Waals surface area (Å²) in [6, 6.07) is 59.9. The molecule has 0 fully saturated rings. The van der Waals surface area contributed by atoms with Gasteiger partial charge in [0, 0.05) is 18.6 Å². The Hall–Kier alpha value is -5.28. The van der Waals surface area contributed by atoms with E-state index >= 15 is 0 Å². The molecule has 5 aromatic carbocycles. The molecule has 3 aromatic heterocycles. The van der Waals surface area contributed by atoms with E-state index in [4.69, 9.17) is 0 Å². The standard InChI is InChI=1S/C19H12N.2C11H8N.Ir/c1-2-6-17-14(5-1)8-9-15-13-16(10-11-18(15)17)19-7-3-4-12-20-19;2*1-2-6-10(7-3-1)11-8-4-5-9-12-11;/h1-9,11-13H;2*1-6,8-9H;/q3*-1;+3. The second kappa shape index (κ2) is 16.0. The van der Waals surface area contributed by atoms with Crippen molar-refractivity contribution < 1.29 is 20.1 Å². The Morgan fingerprint density at radius 3 is 1.38 bits per heavy atom. The molecule has 0 saturated heterocycles.